The lowest BCUT2D eigenvalue weighted by Gasteiger charge is -2.00. The molecule has 0 saturated heterocycles. The van der Waals surface area contributed by atoms with Gasteiger partial charge in [0.15, 0.2) is 0 Å². The molecule has 0 bridgehead atoms. The van der Waals surface area contributed by atoms with Gasteiger partial charge >= 0.3 is 5.97 Å². The minimum atomic E-state index is -0.272. The molecule has 2 N–H and O–H groups in total. The van der Waals surface area contributed by atoms with Crippen LogP contribution in [-0.2, 0) is 9.53 Å². The SMILES string of the molecule is COC(=O)CNc1cc[nH]c1. The number of ether oxygens (including phenoxy) is 1. The van der Waals surface area contributed by atoms with Crippen molar-refractivity contribution in [2.75, 3.05) is 19.0 Å². The van der Waals surface area contributed by atoms with E-state index in [0.29, 0.717) is 0 Å². The molecule has 0 unspecified atom stereocenters. The highest BCUT2D eigenvalue weighted by Gasteiger charge is 1.98. The fourth-order valence-electron chi connectivity index (χ4n) is 0.680. The number of H-pyrrole nitrogens is 1. The molecule has 0 aliphatic rings. The summed E-state index contributed by atoms with van der Waals surface area (Å²) in [5.74, 6) is -0.272. The van der Waals surface area contributed by atoms with Crippen molar-refractivity contribution in [1.82, 2.24) is 4.98 Å². The molecule has 11 heavy (non-hydrogen) atoms. The first-order valence-corrected chi connectivity index (χ1v) is 3.26. The second-order valence-corrected chi connectivity index (χ2v) is 2.03. The summed E-state index contributed by atoms with van der Waals surface area (Å²) < 4.78 is 4.44. The Hall–Kier alpha value is -1.45. The van der Waals surface area contributed by atoms with Gasteiger partial charge in [-0.25, -0.2) is 0 Å². The standard InChI is InChI=1S/C7H10N2O2/c1-11-7(10)5-9-6-2-3-8-4-6/h2-4,8-9H,5H2,1H3. The third kappa shape index (κ3) is 2.33. The number of carbonyl (C=O) groups excluding carboxylic acids is 1. The monoisotopic (exact) mass is 154 g/mol. The van der Waals surface area contributed by atoms with Gasteiger partial charge in [0, 0.05) is 12.4 Å². The first kappa shape index (κ1) is 7.65. The van der Waals surface area contributed by atoms with E-state index in [9.17, 15) is 4.79 Å². The topological polar surface area (TPSA) is 54.1 Å². The van der Waals surface area contributed by atoms with Gasteiger partial charge in [-0.15, -0.1) is 0 Å². The maximum atomic E-state index is 10.6. The summed E-state index contributed by atoms with van der Waals surface area (Å²) in [5.41, 5.74) is 0.885. The zero-order valence-corrected chi connectivity index (χ0v) is 6.26. The number of aromatic nitrogens is 1. The van der Waals surface area contributed by atoms with Gasteiger partial charge in [0.2, 0.25) is 0 Å². The van der Waals surface area contributed by atoms with Gasteiger partial charge in [-0.05, 0) is 6.07 Å². The molecule has 0 fully saturated rings. The van der Waals surface area contributed by atoms with E-state index < -0.39 is 0 Å². The normalized spacial score (nSPS) is 9.18. The quantitative estimate of drug-likeness (QED) is 0.627. The number of hydrogen-bond donors (Lipinski definition) is 2. The largest absolute Gasteiger partial charge is 0.468 e. The molecule has 0 atom stereocenters. The molecule has 1 rings (SSSR count). The third-order valence-electron chi connectivity index (χ3n) is 1.26. The molecule has 60 valence electrons. The highest BCUT2D eigenvalue weighted by atomic mass is 16.5. The van der Waals surface area contributed by atoms with E-state index in [1.165, 1.54) is 7.11 Å². The summed E-state index contributed by atoms with van der Waals surface area (Å²) in [7, 11) is 1.36. The number of carbonyl (C=O) groups is 1. The summed E-state index contributed by atoms with van der Waals surface area (Å²) in [6.45, 7) is 0.203. The maximum absolute atomic E-state index is 10.6. The predicted molar refractivity (Wildman–Crippen MR) is 41.3 cm³/mol. The van der Waals surface area contributed by atoms with E-state index in [0.717, 1.165) is 5.69 Å². The molecule has 4 heteroatoms. The van der Waals surface area contributed by atoms with Crippen LogP contribution in [-0.4, -0.2) is 24.6 Å². The number of rotatable bonds is 3. The molecule has 0 aliphatic carbocycles. The van der Waals surface area contributed by atoms with Crippen LogP contribution in [0.2, 0.25) is 0 Å². The van der Waals surface area contributed by atoms with Gasteiger partial charge in [-0.1, -0.05) is 0 Å². The van der Waals surface area contributed by atoms with Gasteiger partial charge < -0.3 is 15.0 Å². The summed E-state index contributed by atoms with van der Waals surface area (Å²) in [5, 5.41) is 2.87. The van der Waals surface area contributed by atoms with Crippen LogP contribution in [0.1, 0.15) is 0 Å². The summed E-state index contributed by atoms with van der Waals surface area (Å²) in [6.07, 6.45) is 3.54. The number of esters is 1. The number of nitrogens with one attached hydrogen (secondary N) is 2. The van der Waals surface area contributed by atoms with Crippen LogP contribution < -0.4 is 5.32 Å². The Morgan fingerprint density at radius 1 is 1.82 bits per heavy atom. The molecule has 0 aromatic carbocycles. The highest BCUT2D eigenvalue weighted by molar-refractivity contribution is 5.74. The molecule has 0 radical (unpaired) electrons. The van der Waals surface area contributed by atoms with Crippen molar-refractivity contribution in [2.24, 2.45) is 0 Å². The van der Waals surface area contributed by atoms with Gasteiger partial charge in [-0.3, -0.25) is 4.79 Å². The summed E-state index contributed by atoms with van der Waals surface area (Å²) in [6, 6.07) is 1.84. The Kier molecular flexibility index (Phi) is 2.54. The van der Waals surface area contributed by atoms with Crippen molar-refractivity contribution in [3.05, 3.63) is 18.5 Å². The average molecular weight is 154 g/mol. The lowest BCUT2D eigenvalue weighted by atomic mass is 10.5. The Balaban J connectivity index is 2.29. The van der Waals surface area contributed by atoms with E-state index in [1.54, 1.807) is 12.4 Å². The molecule has 4 nitrogen and oxygen atoms in total. The smallest absolute Gasteiger partial charge is 0.325 e. The predicted octanol–water partition coefficient (Wildman–Crippen LogP) is 0.600. The summed E-state index contributed by atoms with van der Waals surface area (Å²) >= 11 is 0. The lowest BCUT2D eigenvalue weighted by molar-refractivity contribution is -0.138. The Morgan fingerprint density at radius 2 is 2.64 bits per heavy atom. The van der Waals surface area contributed by atoms with Crippen LogP contribution in [0.3, 0.4) is 0 Å². The van der Waals surface area contributed by atoms with Crippen molar-refractivity contribution in [1.29, 1.82) is 0 Å². The van der Waals surface area contributed by atoms with E-state index >= 15 is 0 Å². The molecule has 0 aliphatic heterocycles. The lowest BCUT2D eigenvalue weighted by Crippen LogP contribution is -2.14. The zero-order chi connectivity index (χ0) is 8.10. The Labute approximate surface area is 64.6 Å². The second-order valence-electron chi connectivity index (χ2n) is 2.03. The van der Waals surface area contributed by atoms with Crippen molar-refractivity contribution in [3.63, 3.8) is 0 Å². The first-order chi connectivity index (χ1) is 5.33. The molecule has 0 saturated carbocycles. The molecule has 1 aromatic heterocycles. The Morgan fingerprint density at radius 3 is 3.18 bits per heavy atom. The molecular formula is C7H10N2O2. The zero-order valence-electron chi connectivity index (χ0n) is 6.26. The van der Waals surface area contributed by atoms with E-state index in [1.807, 2.05) is 6.07 Å². The number of methoxy groups -OCH3 is 1. The van der Waals surface area contributed by atoms with Crippen molar-refractivity contribution in [3.8, 4) is 0 Å². The molecule has 1 heterocycles. The fourth-order valence-corrected chi connectivity index (χ4v) is 0.680. The van der Waals surface area contributed by atoms with Crippen LogP contribution in [0.25, 0.3) is 0 Å². The third-order valence-corrected chi connectivity index (χ3v) is 1.26. The molecule has 0 spiro atoms. The van der Waals surface area contributed by atoms with Gasteiger partial charge in [-0.2, -0.15) is 0 Å². The van der Waals surface area contributed by atoms with Crippen molar-refractivity contribution < 1.29 is 9.53 Å². The number of aromatic amines is 1. The average Bonchev–Trinajstić information content (AvgIpc) is 2.52. The van der Waals surface area contributed by atoms with Crippen LogP contribution in [0, 0.1) is 0 Å². The van der Waals surface area contributed by atoms with Crippen LogP contribution in [0.15, 0.2) is 18.5 Å². The van der Waals surface area contributed by atoms with Crippen molar-refractivity contribution in [2.45, 2.75) is 0 Å². The molecular weight excluding hydrogens is 144 g/mol. The van der Waals surface area contributed by atoms with E-state index in [2.05, 4.69) is 15.0 Å². The summed E-state index contributed by atoms with van der Waals surface area (Å²) in [4.78, 5) is 13.5. The maximum Gasteiger partial charge on any atom is 0.325 e. The van der Waals surface area contributed by atoms with Crippen LogP contribution in [0.4, 0.5) is 5.69 Å². The Bertz CT molecular complexity index is 218. The fraction of sp³-hybridized carbons (Fsp3) is 0.286. The van der Waals surface area contributed by atoms with Gasteiger partial charge in [0.05, 0.1) is 12.8 Å². The molecule has 1 aromatic rings. The van der Waals surface area contributed by atoms with Crippen LogP contribution in [0.5, 0.6) is 0 Å². The van der Waals surface area contributed by atoms with Gasteiger partial charge in [0.25, 0.3) is 0 Å². The number of anilines is 1. The number of hydrogen-bond acceptors (Lipinski definition) is 3. The highest BCUT2D eigenvalue weighted by Crippen LogP contribution is 2.01. The molecule has 0 amide bonds. The van der Waals surface area contributed by atoms with Crippen molar-refractivity contribution >= 4 is 11.7 Å². The second kappa shape index (κ2) is 3.65. The first-order valence-electron chi connectivity index (χ1n) is 3.26. The minimum absolute atomic E-state index is 0.203. The van der Waals surface area contributed by atoms with Crippen LogP contribution >= 0.6 is 0 Å². The van der Waals surface area contributed by atoms with E-state index in [4.69, 9.17) is 0 Å². The minimum Gasteiger partial charge on any atom is -0.468 e. The van der Waals surface area contributed by atoms with Gasteiger partial charge in [0.1, 0.15) is 6.54 Å². The van der Waals surface area contributed by atoms with E-state index in [-0.39, 0.29) is 12.5 Å².